The Bertz CT molecular complexity index is 746. The molecule has 0 aliphatic rings. The molecule has 1 heteroatoms. The number of hydrogen-bond acceptors (Lipinski definition) is 1. The van der Waals surface area contributed by atoms with E-state index in [1.165, 1.54) is 88.2 Å². The highest BCUT2D eigenvalue weighted by Crippen LogP contribution is 2.42. The molecule has 1 nitrogen and oxygen atoms in total. The summed E-state index contributed by atoms with van der Waals surface area (Å²) in [5, 5.41) is 10.6. The quantitative estimate of drug-likeness (QED) is 0.283. The summed E-state index contributed by atoms with van der Waals surface area (Å²) in [7, 11) is 0. The van der Waals surface area contributed by atoms with Gasteiger partial charge in [0, 0.05) is 11.0 Å². The maximum atomic E-state index is 10.6. The van der Waals surface area contributed by atoms with Crippen molar-refractivity contribution in [3.8, 4) is 5.75 Å². The van der Waals surface area contributed by atoms with E-state index in [-0.39, 0.29) is 5.41 Å². The second-order valence-electron chi connectivity index (χ2n) is 9.83. The zero-order chi connectivity index (χ0) is 22.5. The van der Waals surface area contributed by atoms with Crippen LogP contribution < -0.4 is 0 Å². The van der Waals surface area contributed by atoms with Crippen molar-refractivity contribution in [2.24, 2.45) is 0 Å². The number of hydrogen-bond donors (Lipinski definition) is 1. The second-order valence-corrected chi connectivity index (χ2v) is 9.83. The first-order valence-electron chi connectivity index (χ1n) is 12.9. The first kappa shape index (κ1) is 25.5. The van der Waals surface area contributed by atoms with Gasteiger partial charge in [0.2, 0.25) is 0 Å². The number of phenols is 1. The van der Waals surface area contributed by atoms with Crippen LogP contribution >= 0.6 is 0 Å². The summed E-state index contributed by atoms with van der Waals surface area (Å²) in [6, 6.07) is 16.9. The maximum absolute atomic E-state index is 10.6. The molecule has 0 fully saturated rings. The lowest BCUT2D eigenvalue weighted by molar-refractivity contribution is 0.449. The van der Waals surface area contributed by atoms with Crippen LogP contribution in [0.2, 0.25) is 0 Å². The number of rotatable bonds is 15. The highest BCUT2D eigenvalue weighted by atomic mass is 16.3. The molecule has 0 saturated carbocycles. The SMILES string of the molecule is CCCCCCCCC(CCCCCC)c1ccccc1C(C)(C)c1ccccc1O. The van der Waals surface area contributed by atoms with E-state index in [1.807, 2.05) is 18.2 Å². The fraction of sp³-hybridized carbons (Fsp3) is 0.600. The second kappa shape index (κ2) is 13.6. The van der Waals surface area contributed by atoms with E-state index in [0.717, 1.165) is 5.56 Å². The van der Waals surface area contributed by atoms with Gasteiger partial charge in [0.15, 0.2) is 0 Å². The third-order valence-electron chi connectivity index (χ3n) is 6.96. The van der Waals surface area contributed by atoms with E-state index < -0.39 is 0 Å². The van der Waals surface area contributed by atoms with Gasteiger partial charge in [-0.3, -0.25) is 0 Å². The molecular formula is C30H46O. The summed E-state index contributed by atoms with van der Waals surface area (Å²) >= 11 is 0. The summed E-state index contributed by atoms with van der Waals surface area (Å²) in [6.07, 6.45) is 16.0. The van der Waals surface area contributed by atoms with Crippen LogP contribution in [-0.4, -0.2) is 5.11 Å². The fourth-order valence-corrected chi connectivity index (χ4v) is 5.01. The molecule has 1 N–H and O–H groups in total. The van der Waals surface area contributed by atoms with Crippen molar-refractivity contribution in [1.82, 2.24) is 0 Å². The zero-order valence-corrected chi connectivity index (χ0v) is 20.6. The Morgan fingerprint density at radius 3 is 1.74 bits per heavy atom. The van der Waals surface area contributed by atoms with Crippen molar-refractivity contribution < 1.29 is 5.11 Å². The van der Waals surface area contributed by atoms with Gasteiger partial charge in [-0.15, -0.1) is 0 Å². The lowest BCUT2D eigenvalue weighted by Gasteiger charge is -2.32. The molecule has 0 amide bonds. The topological polar surface area (TPSA) is 20.2 Å². The Labute approximate surface area is 192 Å². The predicted octanol–water partition coefficient (Wildman–Crippen LogP) is 9.52. The molecule has 31 heavy (non-hydrogen) atoms. The molecule has 0 aliphatic heterocycles. The van der Waals surface area contributed by atoms with Crippen LogP contribution in [0.4, 0.5) is 0 Å². The van der Waals surface area contributed by atoms with Gasteiger partial charge < -0.3 is 5.11 Å². The number of aromatic hydroxyl groups is 1. The summed E-state index contributed by atoms with van der Waals surface area (Å²) in [5.41, 5.74) is 3.68. The van der Waals surface area contributed by atoms with Crippen LogP contribution in [0.1, 0.15) is 127 Å². The molecule has 2 rings (SSSR count). The van der Waals surface area contributed by atoms with Crippen molar-refractivity contribution in [3.05, 3.63) is 65.2 Å². The Morgan fingerprint density at radius 2 is 1.13 bits per heavy atom. The summed E-state index contributed by atoms with van der Waals surface area (Å²) in [6.45, 7) is 9.10. The van der Waals surface area contributed by atoms with Gasteiger partial charge in [-0.1, -0.05) is 134 Å². The van der Waals surface area contributed by atoms with Gasteiger partial charge in [-0.05, 0) is 36.0 Å². The minimum Gasteiger partial charge on any atom is -0.508 e. The van der Waals surface area contributed by atoms with E-state index in [0.29, 0.717) is 11.7 Å². The van der Waals surface area contributed by atoms with Crippen LogP contribution in [0.5, 0.6) is 5.75 Å². The minimum absolute atomic E-state index is 0.218. The minimum atomic E-state index is -0.218. The Morgan fingerprint density at radius 1 is 0.645 bits per heavy atom. The largest absolute Gasteiger partial charge is 0.508 e. The molecule has 0 aromatic heterocycles. The van der Waals surface area contributed by atoms with E-state index in [2.05, 4.69) is 58.0 Å². The Kier molecular flexibility index (Phi) is 11.2. The Balaban J connectivity index is 2.23. The normalized spacial score (nSPS) is 12.8. The van der Waals surface area contributed by atoms with Crippen LogP contribution in [-0.2, 0) is 5.41 Å². The maximum Gasteiger partial charge on any atom is 0.119 e. The molecule has 0 heterocycles. The van der Waals surface area contributed by atoms with Crippen LogP contribution in [0.25, 0.3) is 0 Å². The molecule has 1 unspecified atom stereocenters. The van der Waals surface area contributed by atoms with Crippen LogP contribution in [0.3, 0.4) is 0 Å². The van der Waals surface area contributed by atoms with Crippen LogP contribution in [0.15, 0.2) is 48.5 Å². The number of para-hydroxylation sites is 1. The monoisotopic (exact) mass is 422 g/mol. The van der Waals surface area contributed by atoms with Gasteiger partial charge in [0.1, 0.15) is 5.75 Å². The average molecular weight is 423 g/mol. The molecular weight excluding hydrogens is 376 g/mol. The smallest absolute Gasteiger partial charge is 0.119 e. The first-order chi connectivity index (χ1) is 15.0. The lowest BCUT2D eigenvalue weighted by atomic mass is 9.72. The van der Waals surface area contributed by atoms with Crippen molar-refractivity contribution in [1.29, 1.82) is 0 Å². The molecule has 0 saturated heterocycles. The summed E-state index contributed by atoms with van der Waals surface area (Å²) < 4.78 is 0. The molecule has 172 valence electrons. The van der Waals surface area contributed by atoms with Gasteiger partial charge in [-0.2, -0.15) is 0 Å². The van der Waals surface area contributed by atoms with Crippen molar-refractivity contribution in [2.45, 2.75) is 116 Å². The molecule has 1 atom stereocenters. The van der Waals surface area contributed by atoms with Gasteiger partial charge in [0.05, 0.1) is 0 Å². The fourth-order valence-electron chi connectivity index (χ4n) is 5.01. The molecule has 0 bridgehead atoms. The molecule has 2 aromatic carbocycles. The van der Waals surface area contributed by atoms with Crippen LogP contribution in [0, 0.1) is 0 Å². The molecule has 0 aliphatic carbocycles. The van der Waals surface area contributed by atoms with Crippen molar-refractivity contribution >= 4 is 0 Å². The average Bonchev–Trinajstić information content (AvgIpc) is 2.77. The summed E-state index contributed by atoms with van der Waals surface area (Å²) in [4.78, 5) is 0. The highest BCUT2D eigenvalue weighted by molar-refractivity contribution is 5.48. The van der Waals surface area contributed by atoms with E-state index in [1.54, 1.807) is 0 Å². The van der Waals surface area contributed by atoms with Crippen molar-refractivity contribution in [3.63, 3.8) is 0 Å². The van der Waals surface area contributed by atoms with E-state index in [4.69, 9.17) is 0 Å². The molecule has 2 aromatic rings. The number of benzene rings is 2. The molecule has 0 radical (unpaired) electrons. The van der Waals surface area contributed by atoms with E-state index >= 15 is 0 Å². The Hall–Kier alpha value is -1.76. The third kappa shape index (κ3) is 7.70. The van der Waals surface area contributed by atoms with E-state index in [9.17, 15) is 5.11 Å². The number of unbranched alkanes of at least 4 members (excludes halogenated alkanes) is 8. The lowest BCUT2D eigenvalue weighted by Crippen LogP contribution is -2.22. The molecule has 0 spiro atoms. The highest BCUT2D eigenvalue weighted by Gasteiger charge is 2.30. The predicted molar refractivity (Wildman–Crippen MR) is 136 cm³/mol. The summed E-state index contributed by atoms with van der Waals surface area (Å²) in [5.74, 6) is 1.02. The van der Waals surface area contributed by atoms with Crippen molar-refractivity contribution in [2.75, 3.05) is 0 Å². The third-order valence-corrected chi connectivity index (χ3v) is 6.96. The van der Waals surface area contributed by atoms with Gasteiger partial charge in [-0.25, -0.2) is 0 Å². The number of phenolic OH excluding ortho intramolecular Hbond substituents is 1. The first-order valence-corrected chi connectivity index (χ1v) is 12.9. The zero-order valence-electron chi connectivity index (χ0n) is 20.6. The standard InChI is InChI=1S/C30H46O/c1-5-7-9-11-12-14-20-25(19-13-10-8-6-2)26-21-15-16-22-27(26)30(3,4)28-23-17-18-24-29(28)31/h15-18,21-25,31H,5-14,19-20H2,1-4H3. The van der Waals surface area contributed by atoms with Gasteiger partial charge in [0.25, 0.3) is 0 Å². The van der Waals surface area contributed by atoms with Gasteiger partial charge >= 0.3 is 0 Å².